The molecule has 4 aliphatic heterocycles. The molecule has 6 rings (SSSR count). The molecule has 0 spiro atoms. The van der Waals surface area contributed by atoms with Crippen LogP contribution < -0.4 is 0 Å². The van der Waals surface area contributed by atoms with Crippen LogP contribution in [-0.2, 0) is 0 Å². The zero-order valence-corrected chi connectivity index (χ0v) is 10.2. The fraction of sp³-hybridized carbons (Fsp3) is 1.00. The molecule has 0 aromatic carbocycles. The lowest BCUT2D eigenvalue weighted by molar-refractivity contribution is -1.03. The summed E-state index contributed by atoms with van der Waals surface area (Å²) in [5.74, 6) is 0.0721. The molecule has 3 unspecified atom stereocenters. The quantitative estimate of drug-likeness (QED) is 0.478. The minimum atomic E-state index is -0.377. The molecule has 98 valence electrons. The molecule has 4 heterocycles. The SMILES string of the molecule is C[C@]12C(C3CC[C@H]1[N+]([O-])=N3)C1CC[C@@H]2[N+]([O-])=[N+]1[O-]. The van der Waals surface area contributed by atoms with E-state index in [-0.39, 0.29) is 35.5 Å². The van der Waals surface area contributed by atoms with Crippen LogP contribution in [0.2, 0.25) is 0 Å². The predicted molar refractivity (Wildman–Crippen MR) is 58.5 cm³/mol. The molecule has 7 heteroatoms. The van der Waals surface area contributed by atoms with Crippen molar-refractivity contribution in [2.75, 3.05) is 0 Å². The van der Waals surface area contributed by atoms with Crippen LogP contribution in [0, 0.1) is 27.0 Å². The average Bonchev–Trinajstić information content (AvgIpc) is 2.34. The van der Waals surface area contributed by atoms with Crippen molar-refractivity contribution in [2.24, 2.45) is 16.4 Å². The molecule has 6 aliphatic rings. The highest BCUT2D eigenvalue weighted by Crippen LogP contribution is 2.57. The van der Waals surface area contributed by atoms with Gasteiger partial charge in [0.15, 0.2) is 0 Å². The summed E-state index contributed by atoms with van der Waals surface area (Å²) < 4.78 is 0. The fourth-order valence-corrected chi connectivity index (χ4v) is 4.97. The van der Waals surface area contributed by atoms with Crippen molar-refractivity contribution in [3.63, 3.8) is 0 Å². The van der Waals surface area contributed by atoms with Gasteiger partial charge >= 0.3 is 0 Å². The molecule has 0 aromatic heterocycles. The Hall–Kier alpha value is -1.40. The molecule has 0 N–H and O–H groups in total. The molecule has 0 radical (unpaired) electrons. The molecule has 7 nitrogen and oxygen atoms in total. The molecule has 0 aromatic rings. The minimum absolute atomic E-state index is 0.0721. The van der Waals surface area contributed by atoms with Crippen LogP contribution in [0.4, 0.5) is 0 Å². The Morgan fingerprint density at radius 1 is 1.00 bits per heavy atom. The Morgan fingerprint density at radius 2 is 1.72 bits per heavy atom. The number of azo groups is 2. The Morgan fingerprint density at radius 3 is 2.44 bits per heavy atom. The van der Waals surface area contributed by atoms with Gasteiger partial charge in [-0.2, -0.15) is 0 Å². The van der Waals surface area contributed by atoms with Gasteiger partial charge in [0, 0.05) is 29.0 Å². The maximum atomic E-state index is 12.0. The second-order valence-corrected chi connectivity index (χ2v) is 6.24. The summed E-state index contributed by atoms with van der Waals surface area (Å²) in [6, 6.07) is -0.951. The Bertz CT molecular complexity index is 491. The predicted octanol–water partition coefficient (Wildman–Crippen LogP) is 1.13. The van der Waals surface area contributed by atoms with Crippen LogP contribution in [0.15, 0.2) is 5.11 Å². The van der Waals surface area contributed by atoms with Gasteiger partial charge in [0.1, 0.15) is 11.5 Å². The lowest BCUT2D eigenvalue weighted by Gasteiger charge is -2.54. The van der Waals surface area contributed by atoms with E-state index in [9.17, 15) is 15.6 Å². The van der Waals surface area contributed by atoms with E-state index < -0.39 is 0 Å². The van der Waals surface area contributed by atoms with Crippen LogP contribution in [-0.4, -0.2) is 38.7 Å². The van der Waals surface area contributed by atoms with E-state index in [0.29, 0.717) is 9.72 Å². The van der Waals surface area contributed by atoms with Crippen LogP contribution in [0.25, 0.3) is 0 Å². The number of rotatable bonds is 0. The largest absolute Gasteiger partial charge is 0.600 e. The van der Waals surface area contributed by atoms with E-state index in [1.165, 1.54) is 0 Å². The van der Waals surface area contributed by atoms with Crippen molar-refractivity contribution >= 4 is 0 Å². The van der Waals surface area contributed by atoms with Crippen molar-refractivity contribution < 1.29 is 14.6 Å². The van der Waals surface area contributed by atoms with Crippen LogP contribution >= 0.6 is 0 Å². The fourth-order valence-electron chi connectivity index (χ4n) is 4.97. The van der Waals surface area contributed by atoms with E-state index in [2.05, 4.69) is 5.11 Å². The molecule has 0 saturated heterocycles. The third kappa shape index (κ3) is 0.906. The van der Waals surface area contributed by atoms with Gasteiger partial charge in [-0.15, -0.1) is 0 Å². The van der Waals surface area contributed by atoms with E-state index in [1.807, 2.05) is 6.92 Å². The molecule has 2 fully saturated rings. The van der Waals surface area contributed by atoms with Gasteiger partial charge in [-0.1, -0.05) is 4.86 Å². The standard InChI is InChI=1S/C11H16N4O3/c1-11-8-4-2-6(12-13(8)16)10(11)7-3-5-9(11)15(18)14(7)17/h6-10H,2-5H2,1H3/t6?,7?,8-,9+,10?,11+/m1/s1. The number of fused-ring (bicyclic) bond motifs is 2. The molecule has 2 saturated carbocycles. The monoisotopic (exact) mass is 252 g/mol. The topological polar surface area (TPSA) is 90.6 Å². The molecule has 18 heavy (non-hydrogen) atoms. The van der Waals surface area contributed by atoms with Crippen LogP contribution in [0.3, 0.4) is 0 Å². The van der Waals surface area contributed by atoms with Crippen molar-refractivity contribution in [1.29, 1.82) is 0 Å². The lowest BCUT2D eigenvalue weighted by atomic mass is 9.51. The summed E-state index contributed by atoms with van der Waals surface area (Å²) in [4.78, 5) is 2.00. The van der Waals surface area contributed by atoms with Gasteiger partial charge < -0.3 is 15.6 Å². The normalized spacial score (nSPS) is 53.4. The van der Waals surface area contributed by atoms with Crippen LogP contribution in [0.1, 0.15) is 32.6 Å². The Kier molecular flexibility index (Phi) is 1.72. The number of hydroxylamine groups is 3. The first-order chi connectivity index (χ1) is 8.55. The summed E-state index contributed by atoms with van der Waals surface area (Å²) >= 11 is 0. The molecule has 6 atom stereocenters. The molecular weight excluding hydrogens is 236 g/mol. The third-order valence-corrected chi connectivity index (χ3v) is 5.73. The molecule has 0 amide bonds. The molecule has 4 bridgehead atoms. The zero-order valence-electron chi connectivity index (χ0n) is 10.2. The van der Waals surface area contributed by atoms with Crippen molar-refractivity contribution in [1.82, 2.24) is 0 Å². The Labute approximate surface area is 104 Å². The number of hydrogen-bond acceptors (Lipinski definition) is 4. The van der Waals surface area contributed by atoms with Gasteiger partial charge in [0.05, 0.1) is 5.92 Å². The number of nitrogens with zero attached hydrogens (tertiary/aromatic N) is 4. The highest BCUT2D eigenvalue weighted by atomic mass is 16.6. The van der Waals surface area contributed by atoms with Gasteiger partial charge in [-0.3, -0.25) is 0 Å². The van der Waals surface area contributed by atoms with Crippen molar-refractivity contribution in [3.05, 3.63) is 15.6 Å². The van der Waals surface area contributed by atoms with E-state index in [0.717, 1.165) is 30.5 Å². The van der Waals surface area contributed by atoms with E-state index >= 15 is 0 Å². The van der Waals surface area contributed by atoms with Gasteiger partial charge in [0.25, 0.3) is 0 Å². The Balaban J connectivity index is 1.92. The van der Waals surface area contributed by atoms with E-state index in [1.54, 1.807) is 0 Å². The summed E-state index contributed by atoms with van der Waals surface area (Å²) in [5.41, 5.74) is -0.377. The smallest absolute Gasteiger partial charge is 0.242 e. The maximum absolute atomic E-state index is 12.0. The first-order valence-corrected chi connectivity index (χ1v) is 6.65. The summed E-state index contributed by atoms with van der Waals surface area (Å²) in [5, 5.41) is 40.0. The summed E-state index contributed by atoms with van der Waals surface area (Å²) in [7, 11) is 0. The van der Waals surface area contributed by atoms with Crippen LogP contribution in [0.5, 0.6) is 0 Å². The van der Waals surface area contributed by atoms with Crippen molar-refractivity contribution in [2.45, 2.75) is 56.8 Å². The molecule has 2 aliphatic carbocycles. The number of hydrogen-bond donors (Lipinski definition) is 0. The zero-order chi connectivity index (χ0) is 12.7. The second-order valence-electron chi connectivity index (χ2n) is 6.24. The summed E-state index contributed by atoms with van der Waals surface area (Å²) in [6.07, 6.45) is 3.14. The highest BCUT2D eigenvalue weighted by Gasteiger charge is 2.74. The van der Waals surface area contributed by atoms with Gasteiger partial charge in [-0.25, -0.2) is 0 Å². The molecular formula is C11H16N4O3. The minimum Gasteiger partial charge on any atom is -0.600 e. The van der Waals surface area contributed by atoms with Gasteiger partial charge in [0.2, 0.25) is 18.1 Å². The van der Waals surface area contributed by atoms with Gasteiger partial charge in [-0.05, 0) is 18.5 Å². The first-order valence-electron chi connectivity index (χ1n) is 6.65. The summed E-state index contributed by atoms with van der Waals surface area (Å²) in [6.45, 7) is 2.02. The first kappa shape index (κ1) is 10.5. The highest BCUT2D eigenvalue weighted by molar-refractivity contribution is 5.09. The maximum Gasteiger partial charge on any atom is 0.242 e. The average molecular weight is 252 g/mol. The second kappa shape index (κ2) is 2.95. The third-order valence-electron chi connectivity index (χ3n) is 5.73. The van der Waals surface area contributed by atoms with Crippen molar-refractivity contribution in [3.8, 4) is 0 Å². The van der Waals surface area contributed by atoms with E-state index in [4.69, 9.17) is 0 Å². The lowest BCUT2D eigenvalue weighted by Crippen LogP contribution is -2.72.